The number of aromatic nitrogens is 4. The summed E-state index contributed by atoms with van der Waals surface area (Å²) < 4.78 is 26.7. The number of fused-ring (bicyclic) bond motifs is 1. The molecule has 2 aromatic heterocycles. The number of nitrogen functional groups attached to an aromatic ring is 1. The van der Waals surface area contributed by atoms with Gasteiger partial charge in [-0.3, -0.25) is 4.79 Å². The van der Waals surface area contributed by atoms with E-state index < -0.39 is 12.2 Å². The Bertz CT molecular complexity index is 1320. The molecule has 194 valence electrons. The minimum Gasteiger partial charge on any atom is -0.462 e. The van der Waals surface area contributed by atoms with Gasteiger partial charge in [-0.2, -0.15) is 5.10 Å². The lowest BCUT2D eigenvalue weighted by molar-refractivity contribution is -0.138. The summed E-state index contributed by atoms with van der Waals surface area (Å²) in [7, 11) is 0. The summed E-state index contributed by atoms with van der Waals surface area (Å²) >= 11 is 0. The van der Waals surface area contributed by atoms with Crippen LogP contribution in [0.4, 0.5) is 10.2 Å². The molecule has 37 heavy (non-hydrogen) atoms. The number of halogens is 1. The van der Waals surface area contributed by atoms with Crippen LogP contribution in [-0.2, 0) is 9.53 Å². The molecule has 9 nitrogen and oxygen atoms in total. The summed E-state index contributed by atoms with van der Waals surface area (Å²) in [4.78, 5) is 18.1. The second-order valence-electron chi connectivity index (χ2n) is 9.59. The van der Waals surface area contributed by atoms with E-state index in [1.165, 1.54) is 6.33 Å². The van der Waals surface area contributed by atoms with Crippen LogP contribution < -0.4 is 15.8 Å². The summed E-state index contributed by atoms with van der Waals surface area (Å²) in [5.74, 6) is 1.80. The number of alkyl halides is 1. The maximum absolute atomic E-state index is 14.6. The molecule has 1 aliphatic heterocycles. The molecule has 5 rings (SSSR count). The van der Waals surface area contributed by atoms with Crippen LogP contribution in [0.3, 0.4) is 0 Å². The predicted molar refractivity (Wildman–Crippen MR) is 140 cm³/mol. The molecule has 4 aromatic rings. The summed E-state index contributed by atoms with van der Waals surface area (Å²) in [5.41, 5.74) is 7.88. The summed E-state index contributed by atoms with van der Waals surface area (Å²) in [6, 6.07) is 16.7. The van der Waals surface area contributed by atoms with Crippen molar-refractivity contribution in [3.05, 3.63) is 60.9 Å². The van der Waals surface area contributed by atoms with E-state index in [9.17, 15) is 9.18 Å². The molecule has 2 atom stereocenters. The van der Waals surface area contributed by atoms with E-state index in [4.69, 9.17) is 15.6 Å². The van der Waals surface area contributed by atoms with Crippen LogP contribution in [0, 0.1) is 0 Å². The topological polar surface area (TPSA) is 117 Å². The zero-order chi connectivity index (χ0) is 26.4. The van der Waals surface area contributed by atoms with E-state index in [2.05, 4.69) is 20.0 Å². The Balaban J connectivity index is 0.000000405. The lowest BCUT2D eigenvalue weighted by atomic mass is 10.1. The number of carbonyl (C=O) groups excluding carboxylic acids is 1. The summed E-state index contributed by atoms with van der Waals surface area (Å²) in [6.07, 6.45) is 0.975. The fourth-order valence-electron chi connectivity index (χ4n) is 3.96. The molecule has 0 amide bonds. The lowest BCUT2D eigenvalue weighted by Crippen LogP contribution is -2.39. The number of piperidine rings is 1. The van der Waals surface area contributed by atoms with E-state index >= 15 is 0 Å². The molecule has 3 heterocycles. The van der Waals surface area contributed by atoms with Gasteiger partial charge in [0.25, 0.3) is 6.47 Å². The van der Waals surface area contributed by atoms with Crippen LogP contribution in [0.1, 0.15) is 33.2 Å². The summed E-state index contributed by atoms with van der Waals surface area (Å²) in [5, 5.41) is 8.44. The lowest BCUT2D eigenvalue weighted by Gasteiger charge is -2.27. The van der Waals surface area contributed by atoms with E-state index in [0.29, 0.717) is 47.7 Å². The van der Waals surface area contributed by atoms with Crippen molar-refractivity contribution in [3.63, 3.8) is 0 Å². The van der Waals surface area contributed by atoms with Crippen LogP contribution in [0.25, 0.3) is 22.3 Å². The van der Waals surface area contributed by atoms with E-state index in [0.717, 1.165) is 17.9 Å². The van der Waals surface area contributed by atoms with Crippen molar-refractivity contribution >= 4 is 23.3 Å². The largest absolute Gasteiger partial charge is 0.462 e. The first kappa shape index (κ1) is 26.0. The Morgan fingerprint density at radius 1 is 1.08 bits per heavy atom. The van der Waals surface area contributed by atoms with Gasteiger partial charge < -0.3 is 20.5 Å². The molecule has 0 saturated carbocycles. The molecule has 1 fully saturated rings. The Morgan fingerprint density at radius 2 is 1.78 bits per heavy atom. The third kappa shape index (κ3) is 6.39. The van der Waals surface area contributed by atoms with Crippen molar-refractivity contribution < 1.29 is 18.7 Å². The minimum absolute atomic E-state index is 0.299. The second-order valence-corrected chi connectivity index (χ2v) is 9.59. The highest BCUT2D eigenvalue weighted by molar-refractivity contribution is 5.98. The van der Waals surface area contributed by atoms with Crippen LogP contribution >= 0.6 is 0 Å². The SMILES string of the molecule is CC(C)(C)OC=O.Nc1ncnc2c1c(-c1ccc(Oc3ccccc3)cc1)nn2[C@H]1CCNC[C@@H]1F. The average molecular weight is 507 g/mol. The number of para-hydroxylation sites is 1. The first-order chi connectivity index (χ1) is 17.8. The second kappa shape index (κ2) is 11.3. The minimum atomic E-state index is -1.05. The van der Waals surface area contributed by atoms with E-state index in [1.54, 1.807) is 4.68 Å². The zero-order valence-corrected chi connectivity index (χ0v) is 21.1. The van der Waals surface area contributed by atoms with Gasteiger partial charge in [-0.1, -0.05) is 18.2 Å². The molecule has 0 unspecified atom stereocenters. The van der Waals surface area contributed by atoms with Crippen LogP contribution in [0.5, 0.6) is 11.5 Å². The molecule has 0 spiro atoms. The molecule has 0 aliphatic carbocycles. The van der Waals surface area contributed by atoms with E-state index in [-0.39, 0.29) is 5.60 Å². The van der Waals surface area contributed by atoms with Gasteiger partial charge in [0.2, 0.25) is 0 Å². The van der Waals surface area contributed by atoms with Gasteiger partial charge in [0.15, 0.2) is 5.65 Å². The Labute approximate surface area is 214 Å². The number of carbonyl (C=O) groups is 1. The third-order valence-corrected chi connectivity index (χ3v) is 5.71. The first-order valence-corrected chi connectivity index (χ1v) is 12.0. The van der Waals surface area contributed by atoms with Gasteiger partial charge in [-0.25, -0.2) is 19.0 Å². The van der Waals surface area contributed by atoms with Crippen molar-refractivity contribution in [1.82, 2.24) is 25.1 Å². The molecule has 0 bridgehead atoms. The maximum atomic E-state index is 14.6. The highest BCUT2D eigenvalue weighted by atomic mass is 19.1. The van der Waals surface area contributed by atoms with Gasteiger partial charge in [0.05, 0.1) is 11.4 Å². The molecule has 2 aromatic carbocycles. The highest BCUT2D eigenvalue weighted by Crippen LogP contribution is 2.35. The highest BCUT2D eigenvalue weighted by Gasteiger charge is 2.30. The number of hydrogen-bond donors (Lipinski definition) is 2. The first-order valence-electron chi connectivity index (χ1n) is 12.0. The Kier molecular flexibility index (Phi) is 7.98. The number of nitrogens with zero attached hydrogens (tertiary/aromatic N) is 4. The molecule has 1 saturated heterocycles. The Hall–Kier alpha value is -4.05. The normalized spacial score (nSPS) is 17.5. The number of anilines is 1. The smallest absolute Gasteiger partial charge is 0.293 e. The Morgan fingerprint density at radius 3 is 2.41 bits per heavy atom. The van der Waals surface area contributed by atoms with Crippen molar-refractivity contribution in [1.29, 1.82) is 0 Å². The van der Waals surface area contributed by atoms with E-state index in [1.807, 2.05) is 75.4 Å². The van der Waals surface area contributed by atoms with Gasteiger partial charge in [-0.15, -0.1) is 0 Å². The number of nitrogens with two attached hydrogens (primary N) is 1. The fraction of sp³-hybridized carbons (Fsp3) is 0.333. The monoisotopic (exact) mass is 506 g/mol. The molecule has 10 heteroatoms. The van der Waals surface area contributed by atoms with Gasteiger partial charge in [0, 0.05) is 12.1 Å². The number of hydrogen-bond acceptors (Lipinski definition) is 8. The number of benzene rings is 2. The standard InChI is InChI=1S/C22H21FN6O.C5H10O2/c23-17-12-25-11-10-18(17)29-22-19(21(24)26-13-27-22)20(28-29)14-6-8-16(9-7-14)30-15-4-2-1-3-5-15;1-5(2,3)7-4-6/h1-9,13,17-18,25H,10-12H2,(H2,24,26,27);4H,1-3H3/t17-,18-;/m0./s1. The van der Waals surface area contributed by atoms with Crippen molar-refractivity contribution in [3.8, 4) is 22.8 Å². The zero-order valence-electron chi connectivity index (χ0n) is 21.1. The number of ether oxygens (including phenoxy) is 2. The van der Waals surface area contributed by atoms with Gasteiger partial charge in [-0.05, 0) is 70.1 Å². The van der Waals surface area contributed by atoms with Crippen LogP contribution in [0.15, 0.2) is 60.9 Å². The van der Waals surface area contributed by atoms with Crippen LogP contribution in [-0.4, -0.2) is 51.1 Å². The van der Waals surface area contributed by atoms with Crippen molar-refractivity contribution in [2.75, 3.05) is 18.8 Å². The van der Waals surface area contributed by atoms with Gasteiger partial charge in [0.1, 0.15) is 41.1 Å². The number of nitrogens with one attached hydrogen (secondary N) is 1. The van der Waals surface area contributed by atoms with Gasteiger partial charge >= 0.3 is 0 Å². The third-order valence-electron chi connectivity index (χ3n) is 5.71. The predicted octanol–water partition coefficient (Wildman–Crippen LogP) is 4.70. The quantitative estimate of drug-likeness (QED) is 0.374. The van der Waals surface area contributed by atoms with Crippen molar-refractivity contribution in [2.45, 2.75) is 45.0 Å². The molecular formula is C27H31FN6O3. The molecule has 3 N–H and O–H groups in total. The molecule has 0 radical (unpaired) electrons. The average Bonchev–Trinajstić information content (AvgIpc) is 3.26. The summed E-state index contributed by atoms with van der Waals surface area (Å²) in [6.45, 7) is 6.95. The number of rotatable bonds is 5. The van der Waals surface area contributed by atoms with Crippen LogP contribution in [0.2, 0.25) is 0 Å². The molecular weight excluding hydrogens is 475 g/mol. The van der Waals surface area contributed by atoms with Crippen molar-refractivity contribution in [2.24, 2.45) is 0 Å². The fourth-order valence-corrected chi connectivity index (χ4v) is 3.96. The molecule has 1 aliphatic rings. The maximum Gasteiger partial charge on any atom is 0.293 e.